The van der Waals surface area contributed by atoms with Gasteiger partial charge in [-0.25, -0.2) is 4.39 Å². The Hall–Kier alpha value is -0.970. The molecule has 1 aliphatic rings. The van der Waals surface area contributed by atoms with Crippen molar-refractivity contribution in [2.45, 2.75) is 44.9 Å². The lowest BCUT2D eigenvalue weighted by atomic mass is 10.1. The first-order valence-corrected chi connectivity index (χ1v) is 7.38. The van der Waals surface area contributed by atoms with Gasteiger partial charge in [0, 0.05) is 18.2 Å². The number of halogens is 1. The van der Waals surface area contributed by atoms with Gasteiger partial charge in [0.25, 0.3) is 0 Å². The maximum absolute atomic E-state index is 13.9. The van der Waals surface area contributed by atoms with E-state index in [-0.39, 0.29) is 18.0 Å². The van der Waals surface area contributed by atoms with Gasteiger partial charge in [-0.15, -0.1) is 0 Å². The van der Waals surface area contributed by atoms with Crippen LogP contribution < -0.4 is 5.32 Å². The van der Waals surface area contributed by atoms with E-state index in [4.69, 9.17) is 9.47 Å². The quantitative estimate of drug-likeness (QED) is 0.706. The summed E-state index contributed by atoms with van der Waals surface area (Å²) < 4.78 is 25.1. The average molecular weight is 281 g/mol. The number of ether oxygens (including phenoxy) is 2. The predicted octanol–water partition coefficient (Wildman–Crippen LogP) is 3.06. The average Bonchev–Trinajstić information content (AvgIpc) is 3.23. The molecule has 1 N–H and O–H groups in total. The Morgan fingerprint density at radius 1 is 1.20 bits per heavy atom. The summed E-state index contributed by atoms with van der Waals surface area (Å²) in [7, 11) is 0. The van der Waals surface area contributed by atoms with Crippen LogP contribution in [0.2, 0.25) is 0 Å². The van der Waals surface area contributed by atoms with Gasteiger partial charge in [0.05, 0.1) is 25.4 Å². The van der Waals surface area contributed by atoms with E-state index in [0.717, 1.165) is 0 Å². The highest BCUT2D eigenvalue weighted by molar-refractivity contribution is 5.20. The van der Waals surface area contributed by atoms with Gasteiger partial charge >= 0.3 is 0 Å². The van der Waals surface area contributed by atoms with E-state index < -0.39 is 0 Å². The molecule has 112 valence electrons. The first-order valence-electron chi connectivity index (χ1n) is 7.38. The molecule has 0 heterocycles. The smallest absolute Gasteiger partial charge is 0.129 e. The minimum Gasteiger partial charge on any atom is -0.376 e. The van der Waals surface area contributed by atoms with Gasteiger partial charge in [0.1, 0.15) is 5.82 Å². The summed E-state index contributed by atoms with van der Waals surface area (Å²) >= 11 is 0. The molecule has 0 amide bonds. The van der Waals surface area contributed by atoms with Crippen LogP contribution in [0.4, 0.5) is 4.39 Å². The molecule has 0 aliphatic heterocycles. The molecule has 0 bridgehead atoms. The number of hydrogen-bond donors (Lipinski definition) is 1. The normalized spacial score (nSPS) is 16.6. The Balaban J connectivity index is 1.87. The van der Waals surface area contributed by atoms with Crippen LogP contribution in [0.25, 0.3) is 0 Å². The molecule has 4 heteroatoms. The molecule has 0 saturated heterocycles. The maximum Gasteiger partial charge on any atom is 0.129 e. The van der Waals surface area contributed by atoms with E-state index >= 15 is 0 Å². The summed E-state index contributed by atoms with van der Waals surface area (Å²) in [5.74, 6) is -0.208. The molecule has 1 fully saturated rings. The van der Waals surface area contributed by atoms with E-state index in [1.165, 1.54) is 18.9 Å². The molecule has 20 heavy (non-hydrogen) atoms. The lowest BCUT2D eigenvalue weighted by Gasteiger charge is -2.20. The van der Waals surface area contributed by atoms with Crippen LogP contribution in [0.3, 0.4) is 0 Å². The summed E-state index contributed by atoms with van der Waals surface area (Å²) in [5.41, 5.74) is 0.616. The minimum atomic E-state index is -0.257. The molecular formula is C16H24FNO2. The van der Waals surface area contributed by atoms with Gasteiger partial charge in [-0.05, 0) is 32.8 Å². The van der Waals surface area contributed by atoms with Crippen molar-refractivity contribution in [2.24, 2.45) is 0 Å². The lowest BCUT2D eigenvalue weighted by Crippen LogP contribution is -2.26. The van der Waals surface area contributed by atoms with Crippen molar-refractivity contribution in [1.29, 1.82) is 0 Å². The fraction of sp³-hybridized carbons (Fsp3) is 0.625. The molecule has 1 atom stereocenters. The van der Waals surface area contributed by atoms with Crippen molar-refractivity contribution in [3.63, 3.8) is 0 Å². The third-order valence-electron chi connectivity index (χ3n) is 3.27. The highest BCUT2D eigenvalue weighted by Crippen LogP contribution is 2.23. The Labute approximate surface area is 120 Å². The topological polar surface area (TPSA) is 30.5 Å². The molecule has 0 spiro atoms. The second-order valence-corrected chi connectivity index (χ2v) is 5.48. The van der Waals surface area contributed by atoms with Crippen LogP contribution in [-0.2, 0) is 9.47 Å². The Morgan fingerprint density at radius 2 is 1.90 bits per heavy atom. The van der Waals surface area contributed by atoms with Gasteiger partial charge in [0.15, 0.2) is 0 Å². The summed E-state index contributed by atoms with van der Waals surface area (Å²) in [4.78, 5) is 0. The van der Waals surface area contributed by atoms with E-state index in [1.54, 1.807) is 12.1 Å². The lowest BCUT2D eigenvalue weighted by molar-refractivity contribution is -0.0141. The molecule has 0 aromatic heterocycles. The zero-order chi connectivity index (χ0) is 14.4. The second-order valence-electron chi connectivity index (χ2n) is 5.48. The summed E-state index contributed by atoms with van der Waals surface area (Å²) in [6.45, 7) is 5.63. The van der Waals surface area contributed by atoms with Crippen molar-refractivity contribution in [3.8, 4) is 0 Å². The highest BCUT2D eigenvalue weighted by Gasteiger charge is 2.23. The van der Waals surface area contributed by atoms with Crippen LogP contribution in [0.15, 0.2) is 24.3 Å². The monoisotopic (exact) mass is 281 g/mol. The number of nitrogens with one attached hydrogen (secondary N) is 1. The van der Waals surface area contributed by atoms with Crippen molar-refractivity contribution in [2.75, 3.05) is 19.8 Å². The van der Waals surface area contributed by atoms with Crippen molar-refractivity contribution in [3.05, 3.63) is 35.6 Å². The predicted molar refractivity (Wildman–Crippen MR) is 77.2 cm³/mol. The molecule has 1 aromatic rings. The summed E-state index contributed by atoms with van der Waals surface area (Å²) in [5, 5.41) is 3.40. The van der Waals surface area contributed by atoms with Gasteiger partial charge in [-0.2, -0.15) is 0 Å². The first kappa shape index (κ1) is 15.4. The van der Waals surface area contributed by atoms with Gasteiger partial charge in [-0.3, -0.25) is 0 Å². The summed E-state index contributed by atoms with van der Waals surface area (Å²) in [6, 6.07) is 7.40. The molecule has 1 aliphatic carbocycles. The number of rotatable bonds is 9. The van der Waals surface area contributed by atoms with E-state index in [0.29, 0.717) is 31.4 Å². The van der Waals surface area contributed by atoms with Crippen molar-refractivity contribution in [1.82, 2.24) is 5.32 Å². The zero-order valence-corrected chi connectivity index (χ0v) is 12.3. The Kier molecular flexibility index (Phi) is 5.95. The number of hydrogen-bond acceptors (Lipinski definition) is 3. The van der Waals surface area contributed by atoms with Crippen LogP contribution in [0.5, 0.6) is 0 Å². The van der Waals surface area contributed by atoms with Gasteiger partial charge in [-0.1, -0.05) is 18.2 Å². The molecular weight excluding hydrogens is 257 g/mol. The Bertz CT molecular complexity index is 407. The SMILES string of the molecule is CC(C)OCCOC(CNC1CC1)c1ccccc1F. The van der Waals surface area contributed by atoms with E-state index in [2.05, 4.69) is 5.32 Å². The third kappa shape index (κ3) is 5.19. The minimum absolute atomic E-state index is 0.190. The zero-order valence-electron chi connectivity index (χ0n) is 12.3. The van der Waals surface area contributed by atoms with Crippen LogP contribution in [0, 0.1) is 5.82 Å². The van der Waals surface area contributed by atoms with E-state index in [9.17, 15) is 4.39 Å². The summed E-state index contributed by atoms with van der Waals surface area (Å²) in [6.07, 6.45) is 2.35. The Morgan fingerprint density at radius 3 is 2.55 bits per heavy atom. The third-order valence-corrected chi connectivity index (χ3v) is 3.27. The van der Waals surface area contributed by atoms with Crippen LogP contribution >= 0.6 is 0 Å². The largest absolute Gasteiger partial charge is 0.376 e. The molecule has 1 saturated carbocycles. The molecule has 3 nitrogen and oxygen atoms in total. The molecule has 0 radical (unpaired) electrons. The van der Waals surface area contributed by atoms with Crippen LogP contribution in [0.1, 0.15) is 38.4 Å². The second kappa shape index (κ2) is 7.72. The van der Waals surface area contributed by atoms with Crippen LogP contribution in [-0.4, -0.2) is 31.9 Å². The molecule has 1 aromatic carbocycles. The fourth-order valence-corrected chi connectivity index (χ4v) is 2.03. The fourth-order valence-electron chi connectivity index (χ4n) is 2.03. The van der Waals surface area contributed by atoms with E-state index in [1.807, 2.05) is 19.9 Å². The molecule has 2 rings (SSSR count). The van der Waals surface area contributed by atoms with Gasteiger partial charge < -0.3 is 14.8 Å². The number of benzene rings is 1. The molecule has 1 unspecified atom stereocenters. The maximum atomic E-state index is 13.9. The first-order chi connectivity index (χ1) is 9.66. The standard InChI is InChI=1S/C16H24FNO2/c1-12(2)19-9-10-20-16(11-18-13-7-8-13)14-5-3-4-6-15(14)17/h3-6,12-13,16,18H,7-11H2,1-2H3. The van der Waals surface area contributed by atoms with Crippen molar-refractivity contribution < 1.29 is 13.9 Å². The highest BCUT2D eigenvalue weighted by atomic mass is 19.1. The van der Waals surface area contributed by atoms with Crippen molar-refractivity contribution >= 4 is 0 Å². The van der Waals surface area contributed by atoms with Gasteiger partial charge in [0.2, 0.25) is 0 Å².